The molecule has 1 aromatic carbocycles. The third-order valence-corrected chi connectivity index (χ3v) is 2.76. The highest BCUT2D eigenvalue weighted by Gasteiger charge is 2.18. The molecule has 0 fully saturated rings. The van der Waals surface area contributed by atoms with Gasteiger partial charge in [-0.2, -0.15) is 0 Å². The van der Waals surface area contributed by atoms with Crippen molar-refractivity contribution >= 4 is 11.7 Å². The lowest BCUT2D eigenvalue weighted by molar-refractivity contribution is -0.134. The highest BCUT2D eigenvalue weighted by molar-refractivity contribution is 5.80. The van der Waals surface area contributed by atoms with Crippen molar-refractivity contribution in [1.29, 1.82) is 0 Å². The Morgan fingerprint density at radius 2 is 2.11 bits per heavy atom. The van der Waals surface area contributed by atoms with Crippen molar-refractivity contribution in [1.82, 2.24) is 0 Å². The minimum Gasteiger partial charge on any atom is -0.496 e. The summed E-state index contributed by atoms with van der Waals surface area (Å²) < 4.78 is 16.2. The first-order chi connectivity index (χ1) is 9.11. The van der Waals surface area contributed by atoms with Crippen LogP contribution in [0, 0.1) is 0 Å². The number of carbonyl (C=O) groups is 1. The maximum Gasteiger partial charge on any atom is 0.308 e. The van der Waals surface area contributed by atoms with Crippen molar-refractivity contribution in [3.8, 4) is 5.75 Å². The van der Waals surface area contributed by atoms with Crippen LogP contribution >= 0.6 is 0 Å². The lowest BCUT2D eigenvalue weighted by Gasteiger charge is -2.18. The van der Waals surface area contributed by atoms with E-state index in [-0.39, 0.29) is 5.97 Å². The second-order valence-corrected chi connectivity index (χ2v) is 4.18. The summed E-state index contributed by atoms with van der Waals surface area (Å²) in [7, 11) is 1.59. The number of fused-ring (bicyclic) bond motifs is 1. The maximum atomic E-state index is 11.2. The Kier molecular flexibility index (Phi) is 3.90. The van der Waals surface area contributed by atoms with E-state index in [2.05, 4.69) is 0 Å². The van der Waals surface area contributed by atoms with Gasteiger partial charge in [-0.15, -0.1) is 0 Å². The SMILES string of the molecule is COc1cccc2c1/C(OC(C)=O)=C\C=C(\C)OC2. The molecule has 0 atom stereocenters. The normalized spacial score (nSPS) is 19.5. The Morgan fingerprint density at radius 1 is 1.32 bits per heavy atom. The van der Waals surface area contributed by atoms with Gasteiger partial charge in [-0.3, -0.25) is 4.79 Å². The smallest absolute Gasteiger partial charge is 0.308 e. The molecule has 1 aromatic rings. The van der Waals surface area contributed by atoms with Crippen LogP contribution in [0.5, 0.6) is 5.75 Å². The van der Waals surface area contributed by atoms with Crippen LogP contribution in [-0.4, -0.2) is 13.1 Å². The molecule has 0 unspecified atom stereocenters. The summed E-state index contributed by atoms with van der Waals surface area (Å²) in [5.41, 5.74) is 1.67. The van der Waals surface area contributed by atoms with E-state index in [9.17, 15) is 4.79 Å². The first-order valence-corrected chi connectivity index (χ1v) is 5.98. The van der Waals surface area contributed by atoms with Crippen molar-refractivity contribution < 1.29 is 19.0 Å². The molecule has 0 aliphatic carbocycles. The van der Waals surface area contributed by atoms with Gasteiger partial charge in [0, 0.05) is 12.5 Å². The molecule has 0 saturated heterocycles. The molecule has 1 aliphatic heterocycles. The molecular formula is C15H16O4. The molecule has 19 heavy (non-hydrogen) atoms. The van der Waals surface area contributed by atoms with Crippen LogP contribution in [0.15, 0.2) is 36.1 Å². The molecule has 100 valence electrons. The fraction of sp³-hybridized carbons (Fsp3) is 0.267. The van der Waals surface area contributed by atoms with Gasteiger partial charge in [0.2, 0.25) is 0 Å². The standard InChI is InChI=1S/C15H16O4/c1-10-7-8-14(19-11(2)16)15-12(9-18-10)5-4-6-13(15)17-3/h4-8H,9H2,1-3H3/b10-7-,14-8+. The molecule has 4 heteroatoms. The summed E-state index contributed by atoms with van der Waals surface area (Å²) in [4.78, 5) is 11.2. The summed E-state index contributed by atoms with van der Waals surface area (Å²) in [5, 5.41) is 0. The predicted octanol–water partition coefficient (Wildman–Crippen LogP) is 3.03. The largest absolute Gasteiger partial charge is 0.496 e. The monoisotopic (exact) mass is 260 g/mol. The molecule has 0 aromatic heterocycles. The number of carbonyl (C=O) groups excluding carboxylic acids is 1. The van der Waals surface area contributed by atoms with E-state index >= 15 is 0 Å². The number of rotatable bonds is 2. The van der Waals surface area contributed by atoms with Crippen molar-refractivity contribution in [2.45, 2.75) is 20.5 Å². The van der Waals surface area contributed by atoms with Crippen LogP contribution in [0.3, 0.4) is 0 Å². The second kappa shape index (κ2) is 5.61. The molecule has 0 saturated carbocycles. The van der Waals surface area contributed by atoms with E-state index in [4.69, 9.17) is 14.2 Å². The molecule has 0 N–H and O–H groups in total. The van der Waals surface area contributed by atoms with Crippen LogP contribution in [0.25, 0.3) is 5.76 Å². The van der Waals surface area contributed by atoms with Gasteiger partial charge in [0.15, 0.2) is 0 Å². The lowest BCUT2D eigenvalue weighted by Crippen LogP contribution is -2.06. The van der Waals surface area contributed by atoms with Crippen LogP contribution in [-0.2, 0) is 20.9 Å². The third-order valence-electron chi connectivity index (χ3n) is 2.76. The van der Waals surface area contributed by atoms with Gasteiger partial charge in [-0.1, -0.05) is 12.1 Å². The van der Waals surface area contributed by atoms with Gasteiger partial charge >= 0.3 is 5.97 Å². The minimum atomic E-state index is -0.365. The number of ether oxygens (including phenoxy) is 3. The van der Waals surface area contributed by atoms with Crippen LogP contribution in [0.2, 0.25) is 0 Å². The third kappa shape index (κ3) is 2.96. The summed E-state index contributed by atoms with van der Waals surface area (Å²) in [5.74, 6) is 1.53. The van der Waals surface area contributed by atoms with Crippen molar-refractivity contribution in [3.05, 3.63) is 47.2 Å². The van der Waals surface area contributed by atoms with E-state index in [1.165, 1.54) is 6.92 Å². The summed E-state index contributed by atoms with van der Waals surface area (Å²) in [6.07, 6.45) is 3.49. The lowest BCUT2D eigenvalue weighted by atomic mass is 10.0. The topological polar surface area (TPSA) is 44.8 Å². The number of hydrogen-bond donors (Lipinski definition) is 0. The second-order valence-electron chi connectivity index (χ2n) is 4.18. The maximum absolute atomic E-state index is 11.2. The Labute approximate surface area is 112 Å². The van der Waals surface area contributed by atoms with E-state index < -0.39 is 0 Å². The van der Waals surface area contributed by atoms with Gasteiger partial charge < -0.3 is 14.2 Å². The average Bonchev–Trinajstić information content (AvgIpc) is 2.38. The zero-order valence-electron chi connectivity index (χ0n) is 11.2. The molecular weight excluding hydrogens is 244 g/mol. The zero-order chi connectivity index (χ0) is 13.8. The summed E-state index contributed by atoms with van der Waals surface area (Å²) >= 11 is 0. The first-order valence-electron chi connectivity index (χ1n) is 5.98. The minimum absolute atomic E-state index is 0.365. The number of benzene rings is 1. The van der Waals surface area contributed by atoms with Crippen LogP contribution in [0.1, 0.15) is 25.0 Å². The fourth-order valence-corrected chi connectivity index (χ4v) is 1.90. The van der Waals surface area contributed by atoms with Crippen molar-refractivity contribution in [3.63, 3.8) is 0 Å². The number of hydrogen-bond acceptors (Lipinski definition) is 4. The molecule has 1 aliphatic rings. The van der Waals surface area contributed by atoms with Crippen molar-refractivity contribution in [2.75, 3.05) is 7.11 Å². The number of methoxy groups -OCH3 is 1. The van der Waals surface area contributed by atoms with Crippen molar-refractivity contribution in [2.24, 2.45) is 0 Å². The Hall–Kier alpha value is -2.23. The quantitative estimate of drug-likeness (QED) is 0.767. The number of esters is 1. The highest BCUT2D eigenvalue weighted by atomic mass is 16.5. The van der Waals surface area contributed by atoms with E-state index in [1.807, 2.05) is 25.1 Å². The molecule has 4 nitrogen and oxygen atoms in total. The van der Waals surface area contributed by atoms with Gasteiger partial charge in [-0.05, 0) is 25.1 Å². The average molecular weight is 260 g/mol. The molecule has 0 amide bonds. The van der Waals surface area contributed by atoms with Gasteiger partial charge in [0.25, 0.3) is 0 Å². The predicted molar refractivity (Wildman–Crippen MR) is 71.3 cm³/mol. The van der Waals surface area contributed by atoms with E-state index in [0.717, 1.165) is 16.9 Å². The Bertz CT molecular complexity index is 555. The molecule has 0 spiro atoms. The van der Waals surface area contributed by atoms with Crippen LogP contribution < -0.4 is 4.74 Å². The van der Waals surface area contributed by atoms with E-state index in [0.29, 0.717) is 18.1 Å². The highest BCUT2D eigenvalue weighted by Crippen LogP contribution is 2.32. The fourth-order valence-electron chi connectivity index (χ4n) is 1.90. The molecule has 1 heterocycles. The van der Waals surface area contributed by atoms with E-state index in [1.54, 1.807) is 19.3 Å². The molecule has 2 rings (SSSR count). The molecule has 0 bridgehead atoms. The Morgan fingerprint density at radius 3 is 2.79 bits per heavy atom. The zero-order valence-corrected chi connectivity index (χ0v) is 11.2. The van der Waals surface area contributed by atoms with Gasteiger partial charge in [0.1, 0.15) is 18.1 Å². The Balaban J connectivity index is 2.58. The van der Waals surface area contributed by atoms with Gasteiger partial charge in [-0.25, -0.2) is 0 Å². The first kappa shape index (κ1) is 13.2. The van der Waals surface area contributed by atoms with Gasteiger partial charge in [0.05, 0.1) is 18.4 Å². The summed E-state index contributed by atoms with van der Waals surface area (Å²) in [6, 6.07) is 5.63. The molecule has 0 radical (unpaired) electrons. The number of allylic oxidation sites excluding steroid dienone is 3. The van der Waals surface area contributed by atoms with Crippen LogP contribution in [0.4, 0.5) is 0 Å². The summed E-state index contributed by atoms with van der Waals surface area (Å²) in [6.45, 7) is 3.64.